The van der Waals surface area contributed by atoms with Gasteiger partial charge in [-0.2, -0.15) is 5.26 Å². The third-order valence-electron chi connectivity index (χ3n) is 5.89. The number of hydrogen-bond donors (Lipinski definition) is 0. The van der Waals surface area contributed by atoms with Crippen molar-refractivity contribution in [3.8, 4) is 11.8 Å². The number of benzene rings is 2. The second-order valence-corrected chi connectivity index (χ2v) is 10.4. The first-order valence-corrected chi connectivity index (χ1v) is 12.4. The number of amides is 2. The molecule has 1 fully saturated rings. The summed E-state index contributed by atoms with van der Waals surface area (Å²) in [4.78, 5) is 26.9. The van der Waals surface area contributed by atoms with Gasteiger partial charge in [-0.1, -0.05) is 30.3 Å². The molecule has 0 spiro atoms. The molecule has 2 aliphatic heterocycles. The predicted octanol–water partition coefficient (Wildman–Crippen LogP) is 3.18. The van der Waals surface area contributed by atoms with Gasteiger partial charge in [0.1, 0.15) is 29.8 Å². The number of sulfone groups is 1. The molecular formula is C25H21FN2O5S. The van der Waals surface area contributed by atoms with E-state index in [1.54, 1.807) is 48.5 Å². The van der Waals surface area contributed by atoms with E-state index in [2.05, 4.69) is 0 Å². The first-order valence-electron chi connectivity index (χ1n) is 10.6. The molecule has 1 unspecified atom stereocenters. The molecule has 2 aliphatic rings. The van der Waals surface area contributed by atoms with Crippen LogP contribution >= 0.6 is 0 Å². The van der Waals surface area contributed by atoms with Gasteiger partial charge in [-0.15, -0.1) is 0 Å². The molecule has 2 amide bonds. The fourth-order valence-electron chi connectivity index (χ4n) is 4.01. The van der Waals surface area contributed by atoms with Crippen LogP contribution < -0.4 is 4.74 Å². The maximum absolute atomic E-state index is 13.8. The Hall–Kier alpha value is -3.77. The van der Waals surface area contributed by atoms with Crippen molar-refractivity contribution < 1.29 is 27.1 Å². The third-order valence-corrected chi connectivity index (χ3v) is 7.64. The van der Waals surface area contributed by atoms with Crippen LogP contribution in [0.5, 0.6) is 5.75 Å². The highest BCUT2D eigenvalue weighted by molar-refractivity contribution is 7.91. The van der Waals surface area contributed by atoms with E-state index >= 15 is 0 Å². The molecule has 34 heavy (non-hydrogen) atoms. The van der Waals surface area contributed by atoms with Gasteiger partial charge in [0.25, 0.3) is 11.8 Å². The number of imide groups is 1. The summed E-state index contributed by atoms with van der Waals surface area (Å²) in [6.07, 6.45) is 1.71. The molecule has 2 heterocycles. The number of carbonyl (C=O) groups is 2. The van der Waals surface area contributed by atoms with Crippen LogP contribution in [-0.4, -0.2) is 42.7 Å². The monoisotopic (exact) mass is 480 g/mol. The quantitative estimate of drug-likeness (QED) is 0.481. The van der Waals surface area contributed by atoms with Gasteiger partial charge in [0.05, 0.1) is 17.5 Å². The summed E-state index contributed by atoms with van der Waals surface area (Å²) >= 11 is 0. The number of halogens is 1. The summed E-state index contributed by atoms with van der Waals surface area (Å²) in [7, 11) is -3.34. The number of carbonyl (C=O) groups excluding carboxylic acids is 2. The Kier molecular flexibility index (Phi) is 6.35. The van der Waals surface area contributed by atoms with Crippen molar-refractivity contribution in [2.45, 2.75) is 26.0 Å². The highest BCUT2D eigenvalue weighted by Gasteiger charge is 2.43. The number of hydrogen-bond acceptors (Lipinski definition) is 6. The second-order valence-electron chi connectivity index (χ2n) is 8.16. The summed E-state index contributed by atoms with van der Waals surface area (Å²) in [6.45, 7) is 1.58. The SMILES string of the molecule is CC1=C(C#N)C(=O)N(C2CCS(=O)(=O)C2)C(=O)C1=Cc1ccc(OCc2ccccc2F)cc1. The van der Waals surface area contributed by atoms with Crippen molar-refractivity contribution in [3.63, 3.8) is 0 Å². The maximum Gasteiger partial charge on any atom is 0.271 e. The van der Waals surface area contributed by atoms with Gasteiger partial charge in [-0.3, -0.25) is 14.5 Å². The Labute approximate surface area is 196 Å². The van der Waals surface area contributed by atoms with Gasteiger partial charge in [-0.05, 0) is 48.8 Å². The fourth-order valence-corrected chi connectivity index (χ4v) is 5.71. The molecule has 7 nitrogen and oxygen atoms in total. The first kappa shape index (κ1) is 23.4. The normalized spacial score (nSPS) is 21.1. The third kappa shape index (κ3) is 4.63. The average Bonchev–Trinajstić information content (AvgIpc) is 3.16. The van der Waals surface area contributed by atoms with Crippen molar-refractivity contribution in [2.24, 2.45) is 0 Å². The lowest BCUT2D eigenvalue weighted by molar-refractivity contribution is -0.142. The Morgan fingerprint density at radius 3 is 2.47 bits per heavy atom. The van der Waals surface area contributed by atoms with Gasteiger partial charge in [0.15, 0.2) is 9.84 Å². The minimum atomic E-state index is -3.34. The van der Waals surface area contributed by atoms with E-state index < -0.39 is 27.7 Å². The van der Waals surface area contributed by atoms with Crippen molar-refractivity contribution in [1.82, 2.24) is 4.90 Å². The minimum absolute atomic E-state index is 0.0559. The average molecular weight is 481 g/mol. The van der Waals surface area contributed by atoms with E-state index in [4.69, 9.17) is 4.74 Å². The summed E-state index contributed by atoms with van der Waals surface area (Å²) < 4.78 is 43.2. The van der Waals surface area contributed by atoms with Crippen LogP contribution in [0.1, 0.15) is 24.5 Å². The number of ether oxygens (including phenoxy) is 1. The molecule has 0 aliphatic carbocycles. The highest BCUT2D eigenvalue weighted by atomic mass is 32.2. The molecular weight excluding hydrogens is 459 g/mol. The smallest absolute Gasteiger partial charge is 0.271 e. The maximum atomic E-state index is 13.8. The zero-order valence-corrected chi connectivity index (χ0v) is 19.1. The van der Waals surface area contributed by atoms with E-state index in [-0.39, 0.29) is 47.1 Å². The second kappa shape index (κ2) is 9.23. The van der Waals surface area contributed by atoms with Crippen LogP contribution in [0.2, 0.25) is 0 Å². The van der Waals surface area contributed by atoms with Crippen molar-refractivity contribution >= 4 is 27.7 Å². The number of rotatable bonds is 5. The van der Waals surface area contributed by atoms with Crippen LogP contribution in [0.25, 0.3) is 6.08 Å². The standard InChI is InChI=1S/C25H21FN2O5S/c1-16-21(24(29)28(25(30)22(16)13-27)19-10-11-34(31,32)15-19)12-17-6-8-20(9-7-17)33-14-18-4-2-3-5-23(18)26/h2-9,12,19H,10-11,14-15H2,1H3. The van der Waals surface area contributed by atoms with Crippen molar-refractivity contribution in [2.75, 3.05) is 11.5 Å². The Balaban J connectivity index is 1.58. The van der Waals surface area contributed by atoms with E-state index in [0.717, 1.165) is 4.90 Å². The number of nitrogens with zero attached hydrogens (tertiary/aromatic N) is 2. The summed E-state index contributed by atoms with van der Waals surface area (Å²) in [5.74, 6) is -1.65. The van der Waals surface area contributed by atoms with Crippen LogP contribution in [0.3, 0.4) is 0 Å². The highest BCUT2D eigenvalue weighted by Crippen LogP contribution is 2.31. The van der Waals surface area contributed by atoms with E-state index in [0.29, 0.717) is 16.9 Å². The fraction of sp³-hybridized carbons (Fsp3) is 0.240. The summed E-state index contributed by atoms with van der Waals surface area (Å²) in [6, 6.07) is 14.1. The van der Waals surface area contributed by atoms with Crippen LogP contribution in [0.15, 0.2) is 65.3 Å². The van der Waals surface area contributed by atoms with Crippen LogP contribution in [0, 0.1) is 17.1 Å². The molecule has 1 atom stereocenters. The lowest BCUT2D eigenvalue weighted by atomic mass is 9.92. The molecule has 1 saturated heterocycles. The lowest BCUT2D eigenvalue weighted by Gasteiger charge is -2.31. The Morgan fingerprint density at radius 2 is 1.85 bits per heavy atom. The molecule has 0 N–H and O–H groups in total. The molecule has 0 radical (unpaired) electrons. The molecule has 2 aromatic carbocycles. The van der Waals surface area contributed by atoms with Crippen LogP contribution in [-0.2, 0) is 26.0 Å². The summed E-state index contributed by atoms with van der Waals surface area (Å²) in [5, 5.41) is 9.52. The number of nitriles is 1. The van der Waals surface area contributed by atoms with Crippen molar-refractivity contribution in [3.05, 3.63) is 82.2 Å². The molecule has 0 saturated carbocycles. The molecule has 9 heteroatoms. The zero-order chi connectivity index (χ0) is 24.5. The molecule has 0 aromatic heterocycles. The topological polar surface area (TPSA) is 105 Å². The first-order chi connectivity index (χ1) is 16.2. The van der Waals surface area contributed by atoms with E-state index in [1.165, 1.54) is 13.0 Å². The van der Waals surface area contributed by atoms with Crippen molar-refractivity contribution in [1.29, 1.82) is 5.26 Å². The van der Waals surface area contributed by atoms with E-state index in [9.17, 15) is 27.7 Å². The van der Waals surface area contributed by atoms with Gasteiger partial charge in [0, 0.05) is 11.1 Å². The van der Waals surface area contributed by atoms with Gasteiger partial charge >= 0.3 is 0 Å². The minimum Gasteiger partial charge on any atom is -0.489 e. The molecule has 2 aromatic rings. The molecule has 0 bridgehead atoms. The van der Waals surface area contributed by atoms with E-state index in [1.807, 2.05) is 6.07 Å². The Morgan fingerprint density at radius 1 is 1.15 bits per heavy atom. The van der Waals surface area contributed by atoms with Gasteiger partial charge < -0.3 is 4.74 Å². The lowest BCUT2D eigenvalue weighted by Crippen LogP contribution is -2.49. The largest absolute Gasteiger partial charge is 0.489 e. The molecule has 4 rings (SSSR count). The predicted molar refractivity (Wildman–Crippen MR) is 122 cm³/mol. The van der Waals surface area contributed by atoms with Crippen LogP contribution in [0.4, 0.5) is 4.39 Å². The van der Waals surface area contributed by atoms with Gasteiger partial charge in [-0.25, -0.2) is 12.8 Å². The van der Waals surface area contributed by atoms with Gasteiger partial charge in [0.2, 0.25) is 0 Å². The Bertz CT molecular complexity index is 1370. The molecule has 174 valence electrons. The summed E-state index contributed by atoms with van der Waals surface area (Å²) in [5.41, 5.74) is 1.26. The zero-order valence-electron chi connectivity index (χ0n) is 18.3.